The zero-order chi connectivity index (χ0) is 21.9. The van der Waals surface area contributed by atoms with E-state index in [0.717, 1.165) is 11.3 Å². The Bertz CT molecular complexity index is 836. The van der Waals surface area contributed by atoms with Crippen molar-refractivity contribution in [3.05, 3.63) is 53.6 Å². The first kappa shape index (κ1) is 23.0. The van der Waals surface area contributed by atoms with Crippen molar-refractivity contribution >= 4 is 11.9 Å². The van der Waals surface area contributed by atoms with E-state index < -0.39 is 17.9 Å². The molecule has 1 atom stereocenters. The zero-order valence-corrected chi connectivity index (χ0v) is 17.6. The first-order valence-electron chi connectivity index (χ1n) is 9.38. The smallest absolute Gasteiger partial charge is 0.328 e. The summed E-state index contributed by atoms with van der Waals surface area (Å²) in [6, 6.07) is 11.7. The summed E-state index contributed by atoms with van der Waals surface area (Å²) in [5.74, 6) is 0.753. The van der Waals surface area contributed by atoms with Gasteiger partial charge in [0.05, 0.1) is 34.5 Å². The van der Waals surface area contributed by atoms with E-state index in [-0.39, 0.29) is 0 Å². The fourth-order valence-corrected chi connectivity index (χ4v) is 2.57. The molecule has 0 heterocycles. The Morgan fingerprint density at radius 2 is 1.67 bits per heavy atom. The second-order valence-corrected chi connectivity index (χ2v) is 6.33. The number of esters is 1. The van der Waals surface area contributed by atoms with Crippen molar-refractivity contribution in [1.29, 1.82) is 0 Å². The highest BCUT2D eigenvalue weighted by Crippen LogP contribution is 2.28. The molecule has 8 nitrogen and oxygen atoms in total. The van der Waals surface area contributed by atoms with E-state index in [4.69, 9.17) is 18.9 Å². The lowest BCUT2D eigenvalue weighted by Crippen LogP contribution is -2.39. The highest BCUT2D eigenvalue weighted by molar-refractivity contribution is 5.97. The molecule has 0 aliphatic rings. The molecule has 1 amide bonds. The minimum absolute atomic E-state index is 0.317. The van der Waals surface area contributed by atoms with Crippen molar-refractivity contribution in [3.8, 4) is 17.2 Å². The molecular weight excluding hydrogens is 390 g/mol. The maximum Gasteiger partial charge on any atom is 0.328 e. The van der Waals surface area contributed by atoms with E-state index in [1.54, 1.807) is 32.2 Å². The molecule has 8 heteroatoms. The van der Waals surface area contributed by atoms with Crippen LogP contribution in [0.2, 0.25) is 0 Å². The van der Waals surface area contributed by atoms with Crippen molar-refractivity contribution in [3.63, 3.8) is 0 Å². The van der Waals surface area contributed by atoms with Gasteiger partial charge in [0.25, 0.3) is 5.91 Å². The number of carbonyl (C=O) groups excluding carboxylic acids is 2. The number of hydrogen-bond donors (Lipinski definition) is 1. The van der Waals surface area contributed by atoms with E-state index >= 15 is 0 Å². The quantitative estimate of drug-likeness (QED) is 0.444. The number of ether oxygens (including phenoxy) is 5. The third-order valence-electron chi connectivity index (χ3n) is 4.24. The van der Waals surface area contributed by atoms with Gasteiger partial charge >= 0.3 is 5.97 Å². The van der Waals surface area contributed by atoms with Gasteiger partial charge in [-0.05, 0) is 42.8 Å². The van der Waals surface area contributed by atoms with Gasteiger partial charge in [-0.1, -0.05) is 12.1 Å². The Hall–Kier alpha value is -3.26. The van der Waals surface area contributed by atoms with Gasteiger partial charge in [0.1, 0.15) is 18.4 Å². The maximum atomic E-state index is 12.3. The maximum absolute atomic E-state index is 12.3. The Labute approximate surface area is 176 Å². The Balaban J connectivity index is 1.84. The molecule has 0 radical (unpaired) electrons. The zero-order valence-electron chi connectivity index (χ0n) is 17.6. The van der Waals surface area contributed by atoms with Crippen LogP contribution in [0.25, 0.3) is 0 Å². The van der Waals surface area contributed by atoms with E-state index in [0.29, 0.717) is 36.9 Å². The second-order valence-electron chi connectivity index (χ2n) is 6.33. The molecule has 2 aromatic rings. The van der Waals surface area contributed by atoms with Crippen LogP contribution in [-0.4, -0.2) is 52.5 Å². The molecule has 0 spiro atoms. The van der Waals surface area contributed by atoms with Gasteiger partial charge in [-0.2, -0.15) is 0 Å². The summed E-state index contributed by atoms with van der Waals surface area (Å²) in [6.07, 6.45) is 0. The number of rotatable bonds is 11. The summed E-state index contributed by atoms with van der Waals surface area (Å²) in [5.41, 5.74) is 1.37. The molecule has 0 saturated carbocycles. The molecule has 0 bridgehead atoms. The molecule has 0 aromatic heterocycles. The van der Waals surface area contributed by atoms with E-state index in [1.807, 2.05) is 24.3 Å². The Morgan fingerprint density at radius 3 is 2.30 bits per heavy atom. The number of amides is 1. The normalized spacial score (nSPS) is 11.3. The van der Waals surface area contributed by atoms with Gasteiger partial charge in [-0.3, -0.25) is 4.79 Å². The molecule has 2 rings (SSSR count). The monoisotopic (exact) mass is 417 g/mol. The summed E-state index contributed by atoms with van der Waals surface area (Å²) in [7, 11) is 4.38. The molecular formula is C22H27NO7. The van der Waals surface area contributed by atoms with Gasteiger partial charge in [-0.15, -0.1) is 0 Å². The Morgan fingerprint density at radius 1 is 0.933 bits per heavy atom. The van der Waals surface area contributed by atoms with Crippen LogP contribution in [0.3, 0.4) is 0 Å². The van der Waals surface area contributed by atoms with Crippen LogP contribution in [-0.2, 0) is 20.9 Å². The predicted octanol–water partition coefficient (Wildman–Crippen LogP) is 2.59. The van der Waals surface area contributed by atoms with Crippen LogP contribution in [0, 0.1) is 0 Å². The fraction of sp³-hybridized carbons (Fsp3) is 0.364. The van der Waals surface area contributed by atoms with Crippen molar-refractivity contribution < 1.29 is 33.3 Å². The standard InChI is InChI=1S/C22H27NO7/c1-15(22(25)28-4)23-21(24)17-7-10-19(20(13-17)27-3)30-12-11-29-14-16-5-8-18(26-2)9-6-16/h5-10,13,15H,11-12,14H2,1-4H3,(H,23,24). The van der Waals surface area contributed by atoms with Crippen LogP contribution in [0.4, 0.5) is 0 Å². The average Bonchev–Trinajstić information content (AvgIpc) is 2.78. The van der Waals surface area contributed by atoms with Crippen LogP contribution < -0.4 is 19.5 Å². The number of benzene rings is 2. The van der Waals surface area contributed by atoms with Crippen LogP contribution in [0.5, 0.6) is 17.2 Å². The first-order valence-corrected chi connectivity index (χ1v) is 9.38. The molecule has 162 valence electrons. The number of methoxy groups -OCH3 is 3. The summed E-state index contributed by atoms with van der Waals surface area (Å²) in [5, 5.41) is 2.56. The Kier molecular flexibility index (Phi) is 8.96. The molecule has 0 fully saturated rings. The van der Waals surface area contributed by atoms with Crippen LogP contribution in [0.15, 0.2) is 42.5 Å². The lowest BCUT2D eigenvalue weighted by atomic mass is 10.1. The van der Waals surface area contributed by atoms with Gasteiger partial charge in [0.2, 0.25) is 0 Å². The van der Waals surface area contributed by atoms with Crippen molar-refractivity contribution in [2.24, 2.45) is 0 Å². The highest BCUT2D eigenvalue weighted by atomic mass is 16.5. The lowest BCUT2D eigenvalue weighted by Gasteiger charge is -2.14. The fourth-order valence-electron chi connectivity index (χ4n) is 2.57. The second kappa shape index (κ2) is 11.7. The third-order valence-corrected chi connectivity index (χ3v) is 4.24. The minimum Gasteiger partial charge on any atom is -0.497 e. The number of carbonyl (C=O) groups is 2. The third kappa shape index (κ3) is 6.66. The molecule has 1 N–H and O–H groups in total. The minimum atomic E-state index is -0.757. The van der Waals surface area contributed by atoms with Gasteiger partial charge in [0, 0.05) is 5.56 Å². The lowest BCUT2D eigenvalue weighted by molar-refractivity contribution is -0.142. The van der Waals surface area contributed by atoms with Gasteiger partial charge < -0.3 is 29.0 Å². The predicted molar refractivity (Wildman–Crippen MR) is 110 cm³/mol. The van der Waals surface area contributed by atoms with Gasteiger partial charge in [-0.25, -0.2) is 4.79 Å². The average molecular weight is 417 g/mol. The molecule has 1 unspecified atom stereocenters. The summed E-state index contributed by atoms with van der Waals surface area (Å²) < 4.78 is 26.3. The topological polar surface area (TPSA) is 92.3 Å². The molecule has 2 aromatic carbocycles. The van der Waals surface area contributed by atoms with Crippen LogP contribution in [0.1, 0.15) is 22.8 Å². The van der Waals surface area contributed by atoms with Crippen LogP contribution >= 0.6 is 0 Å². The van der Waals surface area contributed by atoms with E-state index in [9.17, 15) is 9.59 Å². The van der Waals surface area contributed by atoms with E-state index in [1.165, 1.54) is 14.2 Å². The number of hydrogen-bond acceptors (Lipinski definition) is 7. The van der Waals surface area contributed by atoms with Crippen molar-refractivity contribution in [1.82, 2.24) is 5.32 Å². The summed E-state index contributed by atoms with van der Waals surface area (Å²) in [6.45, 7) is 2.71. The molecule has 0 aliphatic carbocycles. The SMILES string of the molecule is COC(=O)C(C)NC(=O)c1ccc(OCCOCc2ccc(OC)cc2)c(OC)c1. The van der Waals surface area contributed by atoms with Crippen molar-refractivity contribution in [2.45, 2.75) is 19.6 Å². The van der Waals surface area contributed by atoms with E-state index in [2.05, 4.69) is 10.1 Å². The summed E-state index contributed by atoms with van der Waals surface area (Å²) in [4.78, 5) is 23.7. The first-order chi connectivity index (χ1) is 14.5. The van der Waals surface area contributed by atoms with Gasteiger partial charge in [0.15, 0.2) is 11.5 Å². The molecule has 30 heavy (non-hydrogen) atoms. The summed E-state index contributed by atoms with van der Waals surface area (Å²) >= 11 is 0. The number of nitrogens with one attached hydrogen (secondary N) is 1. The highest BCUT2D eigenvalue weighted by Gasteiger charge is 2.18. The van der Waals surface area contributed by atoms with Crippen molar-refractivity contribution in [2.75, 3.05) is 34.5 Å². The largest absolute Gasteiger partial charge is 0.497 e. The molecule has 0 aliphatic heterocycles. The molecule has 0 saturated heterocycles.